The molecular weight excluding hydrogens is 360 g/mol. The van der Waals surface area contributed by atoms with E-state index in [1.165, 1.54) is 6.92 Å². The van der Waals surface area contributed by atoms with Gasteiger partial charge < -0.3 is 10.6 Å². The van der Waals surface area contributed by atoms with E-state index in [2.05, 4.69) is 10.6 Å². The maximum Gasteiger partial charge on any atom is 0.239 e. The molecule has 0 unspecified atom stereocenters. The predicted octanol–water partition coefficient (Wildman–Crippen LogP) is 2.56. The highest BCUT2D eigenvalue weighted by molar-refractivity contribution is 8.13. The van der Waals surface area contributed by atoms with Gasteiger partial charge in [0.2, 0.25) is 11.8 Å². The minimum absolute atomic E-state index is 0.0264. The third kappa shape index (κ3) is 8.09. The molecule has 27 heavy (non-hydrogen) atoms. The van der Waals surface area contributed by atoms with Gasteiger partial charge in [0, 0.05) is 19.2 Å². The fourth-order valence-electron chi connectivity index (χ4n) is 2.51. The number of nitrogens with one attached hydrogen (secondary N) is 2. The maximum absolute atomic E-state index is 12.5. The van der Waals surface area contributed by atoms with Crippen molar-refractivity contribution in [2.45, 2.75) is 19.9 Å². The van der Waals surface area contributed by atoms with Gasteiger partial charge >= 0.3 is 0 Å². The van der Waals surface area contributed by atoms with E-state index in [1.807, 2.05) is 60.7 Å². The minimum atomic E-state index is -0.372. The highest BCUT2D eigenvalue weighted by Gasteiger charge is 2.20. The quantitative estimate of drug-likeness (QED) is 0.697. The summed E-state index contributed by atoms with van der Waals surface area (Å²) in [6, 6.07) is 19.2. The Kier molecular flexibility index (Phi) is 8.58. The number of hydrogen-bond acceptors (Lipinski definition) is 4. The van der Waals surface area contributed by atoms with Crippen LogP contribution in [-0.4, -0.2) is 29.2 Å². The predicted molar refractivity (Wildman–Crippen MR) is 108 cm³/mol. The summed E-state index contributed by atoms with van der Waals surface area (Å²) in [4.78, 5) is 35.8. The monoisotopic (exact) mass is 384 g/mol. The lowest BCUT2D eigenvalue weighted by Gasteiger charge is -2.16. The Morgan fingerprint density at radius 2 is 1.48 bits per heavy atom. The fourth-order valence-corrected chi connectivity index (χ4v) is 3.22. The third-order valence-electron chi connectivity index (χ3n) is 3.94. The number of hydrogen-bond donors (Lipinski definition) is 2. The molecule has 0 aliphatic rings. The van der Waals surface area contributed by atoms with Crippen molar-refractivity contribution in [1.29, 1.82) is 0 Å². The molecule has 0 saturated heterocycles. The second-order valence-corrected chi connectivity index (χ2v) is 7.37. The summed E-state index contributed by atoms with van der Waals surface area (Å²) >= 11 is 1.13. The van der Waals surface area contributed by atoms with Crippen LogP contribution >= 0.6 is 11.8 Å². The van der Waals surface area contributed by atoms with E-state index in [1.54, 1.807) is 0 Å². The normalized spacial score (nSPS) is 11.4. The van der Waals surface area contributed by atoms with Crippen LogP contribution < -0.4 is 10.6 Å². The highest BCUT2D eigenvalue weighted by Crippen LogP contribution is 2.15. The molecule has 2 aromatic rings. The Labute approximate surface area is 163 Å². The highest BCUT2D eigenvalue weighted by atomic mass is 32.2. The van der Waals surface area contributed by atoms with Crippen LogP contribution in [0.5, 0.6) is 0 Å². The van der Waals surface area contributed by atoms with Gasteiger partial charge in [-0.2, -0.15) is 0 Å². The van der Waals surface area contributed by atoms with Gasteiger partial charge in [0.15, 0.2) is 5.12 Å². The zero-order chi connectivity index (χ0) is 19.5. The molecule has 6 heteroatoms. The maximum atomic E-state index is 12.5. The Hall–Kier alpha value is -2.60. The van der Waals surface area contributed by atoms with Crippen LogP contribution in [0.15, 0.2) is 60.7 Å². The van der Waals surface area contributed by atoms with E-state index >= 15 is 0 Å². The lowest BCUT2D eigenvalue weighted by atomic mass is 10.0. The van der Waals surface area contributed by atoms with E-state index in [0.717, 1.165) is 22.9 Å². The molecule has 0 spiro atoms. The molecule has 0 saturated carbocycles. The molecule has 2 N–H and O–H groups in total. The minimum Gasteiger partial charge on any atom is -0.350 e. The number of amides is 2. The average molecular weight is 385 g/mol. The Bertz CT molecular complexity index is 751. The van der Waals surface area contributed by atoms with Crippen LogP contribution in [0.25, 0.3) is 0 Å². The SMILES string of the molecule is CC(=O)SC[C@H](Cc1ccccc1)C(=O)NCC(=O)NCc1ccccc1. The summed E-state index contributed by atoms with van der Waals surface area (Å²) in [6.07, 6.45) is 0.526. The first-order valence-electron chi connectivity index (χ1n) is 8.80. The van der Waals surface area contributed by atoms with Crippen molar-refractivity contribution >= 4 is 28.7 Å². The topological polar surface area (TPSA) is 75.3 Å². The van der Waals surface area contributed by atoms with Crippen molar-refractivity contribution in [3.05, 3.63) is 71.8 Å². The second-order valence-electron chi connectivity index (χ2n) is 6.17. The van der Waals surface area contributed by atoms with Crippen molar-refractivity contribution in [3.63, 3.8) is 0 Å². The van der Waals surface area contributed by atoms with Gasteiger partial charge in [-0.05, 0) is 17.5 Å². The van der Waals surface area contributed by atoms with E-state index < -0.39 is 0 Å². The number of rotatable bonds is 9. The Morgan fingerprint density at radius 1 is 0.889 bits per heavy atom. The summed E-state index contributed by atoms with van der Waals surface area (Å²) < 4.78 is 0. The summed E-state index contributed by atoms with van der Waals surface area (Å²) in [5.41, 5.74) is 2.02. The van der Waals surface area contributed by atoms with E-state index in [4.69, 9.17) is 0 Å². The molecule has 0 aliphatic carbocycles. The van der Waals surface area contributed by atoms with Crippen molar-refractivity contribution in [1.82, 2.24) is 10.6 Å². The molecule has 142 valence electrons. The van der Waals surface area contributed by atoms with Crippen molar-refractivity contribution < 1.29 is 14.4 Å². The lowest BCUT2D eigenvalue weighted by Crippen LogP contribution is -2.40. The first-order valence-corrected chi connectivity index (χ1v) is 9.79. The smallest absolute Gasteiger partial charge is 0.239 e. The van der Waals surface area contributed by atoms with Crippen LogP contribution in [0.2, 0.25) is 0 Å². The zero-order valence-corrected chi connectivity index (χ0v) is 16.1. The molecule has 2 rings (SSSR count). The molecule has 0 fully saturated rings. The summed E-state index contributed by atoms with van der Waals surface area (Å²) in [5.74, 6) is -0.447. The van der Waals surface area contributed by atoms with Gasteiger partial charge in [0.1, 0.15) is 0 Å². The molecule has 0 heterocycles. The van der Waals surface area contributed by atoms with Gasteiger partial charge in [-0.1, -0.05) is 72.4 Å². The molecule has 0 aliphatic heterocycles. The molecule has 5 nitrogen and oxygen atoms in total. The number of carbonyl (C=O) groups excluding carboxylic acids is 3. The zero-order valence-electron chi connectivity index (χ0n) is 15.3. The van der Waals surface area contributed by atoms with E-state index in [9.17, 15) is 14.4 Å². The van der Waals surface area contributed by atoms with Crippen molar-refractivity contribution in [3.8, 4) is 0 Å². The first-order chi connectivity index (χ1) is 13.0. The van der Waals surface area contributed by atoms with Gasteiger partial charge in [0.25, 0.3) is 0 Å². The average Bonchev–Trinajstić information content (AvgIpc) is 2.69. The molecular formula is C21H24N2O3S. The molecule has 0 bridgehead atoms. The van der Waals surface area contributed by atoms with Gasteiger partial charge in [-0.15, -0.1) is 0 Å². The van der Waals surface area contributed by atoms with Gasteiger partial charge in [-0.3, -0.25) is 14.4 Å². The Morgan fingerprint density at radius 3 is 2.07 bits per heavy atom. The summed E-state index contributed by atoms with van der Waals surface area (Å²) in [5, 5.41) is 5.44. The van der Waals surface area contributed by atoms with Crippen LogP contribution in [0.1, 0.15) is 18.1 Å². The summed E-state index contributed by atoms with van der Waals surface area (Å²) in [7, 11) is 0. The van der Waals surface area contributed by atoms with E-state index in [-0.39, 0.29) is 29.4 Å². The number of thioether (sulfide) groups is 1. The van der Waals surface area contributed by atoms with Crippen LogP contribution in [-0.2, 0) is 27.3 Å². The van der Waals surface area contributed by atoms with E-state index in [0.29, 0.717) is 18.7 Å². The lowest BCUT2D eigenvalue weighted by molar-refractivity contribution is -0.128. The third-order valence-corrected chi connectivity index (χ3v) is 4.91. The fraction of sp³-hybridized carbons (Fsp3) is 0.286. The van der Waals surface area contributed by atoms with Crippen LogP contribution in [0, 0.1) is 5.92 Å². The number of carbonyl (C=O) groups is 3. The Balaban J connectivity index is 1.84. The molecule has 0 aromatic heterocycles. The van der Waals surface area contributed by atoms with Crippen molar-refractivity contribution in [2.24, 2.45) is 5.92 Å². The number of benzene rings is 2. The molecule has 2 amide bonds. The van der Waals surface area contributed by atoms with Crippen LogP contribution in [0.4, 0.5) is 0 Å². The van der Waals surface area contributed by atoms with Crippen molar-refractivity contribution in [2.75, 3.05) is 12.3 Å². The summed E-state index contributed by atoms with van der Waals surface area (Å²) in [6.45, 7) is 1.82. The second kappa shape index (κ2) is 11.2. The van der Waals surface area contributed by atoms with Gasteiger partial charge in [0.05, 0.1) is 12.5 Å². The van der Waals surface area contributed by atoms with Gasteiger partial charge in [-0.25, -0.2) is 0 Å². The van der Waals surface area contributed by atoms with Crippen LogP contribution in [0.3, 0.4) is 0 Å². The largest absolute Gasteiger partial charge is 0.350 e. The molecule has 2 aromatic carbocycles. The molecule has 1 atom stereocenters. The first kappa shape index (κ1) is 20.7. The molecule has 0 radical (unpaired) electrons. The standard InChI is InChI=1S/C21H24N2O3S/c1-16(24)27-15-19(12-17-8-4-2-5-9-17)21(26)23-14-20(25)22-13-18-10-6-3-7-11-18/h2-11,19H,12-15H2,1H3,(H,22,25)(H,23,26)/t19-/m0/s1.